The van der Waals surface area contributed by atoms with Crippen molar-refractivity contribution in [3.63, 3.8) is 0 Å². The average Bonchev–Trinajstić information content (AvgIpc) is 3.16. The van der Waals surface area contributed by atoms with Crippen LogP contribution in [0.3, 0.4) is 0 Å². The van der Waals surface area contributed by atoms with Gasteiger partial charge in [0.1, 0.15) is 12.0 Å². The topological polar surface area (TPSA) is 56.9 Å². The summed E-state index contributed by atoms with van der Waals surface area (Å²) < 4.78 is 5.98. The molecule has 25 heavy (non-hydrogen) atoms. The zero-order valence-corrected chi connectivity index (χ0v) is 16.2. The number of nitrogens with zero attached hydrogens (tertiary/aromatic N) is 4. The second-order valence-electron chi connectivity index (χ2n) is 6.14. The van der Waals surface area contributed by atoms with Crippen molar-refractivity contribution in [1.82, 2.24) is 20.3 Å². The lowest BCUT2D eigenvalue weighted by atomic mass is 10.1. The predicted octanol–water partition coefficient (Wildman–Crippen LogP) is 2.89. The minimum atomic E-state index is 0.417. The summed E-state index contributed by atoms with van der Waals surface area (Å²) in [6.07, 6.45) is 1.59. The van der Waals surface area contributed by atoms with E-state index < -0.39 is 0 Å². The quantitative estimate of drug-likeness (QED) is 0.625. The summed E-state index contributed by atoms with van der Waals surface area (Å²) in [5, 5.41) is 7.27. The Labute approximate surface area is 157 Å². The monoisotopic (exact) mass is 405 g/mol. The molecule has 1 fully saturated rings. The molecule has 3 rings (SSSR count). The van der Waals surface area contributed by atoms with Gasteiger partial charge in [-0.25, -0.2) is 0 Å². The summed E-state index contributed by atoms with van der Waals surface area (Å²) in [5.74, 6) is 0.916. The number of hydrogen-bond donors (Lipinski definition) is 1. The van der Waals surface area contributed by atoms with E-state index in [9.17, 15) is 0 Å². The summed E-state index contributed by atoms with van der Waals surface area (Å²) in [7, 11) is 1.82. The number of aromatic nitrogens is 1. The van der Waals surface area contributed by atoms with E-state index >= 15 is 0 Å². The van der Waals surface area contributed by atoms with E-state index in [4.69, 9.17) is 4.52 Å². The molecule has 1 aliphatic heterocycles. The smallest absolute Gasteiger partial charge is 0.194 e. The van der Waals surface area contributed by atoms with Gasteiger partial charge in [-0.15, -0.1) is 0 Å². The molecule has 1 unspecified atom stereocenters. The zero-order chi connectivity index (χ0) is 17.6. The van der Waals surface area contributed by atoms with Gasteiger partial charge >= 0.3 is 0 Å². The highest BCUT2D eigenvalue weighted by Gasteiger charge is 2.23. The molecule has 0 bridgehead atoms. The molecule has 2 heterocycles. The Hall–Kier alpha value is -1.86. The predicted molar refractivity (Wildman–Crippen MR) is 102 cm³/mol. The van der Waals surface area contributed by atoms with Gasteiger partial charge in [0.05, 0.1) is 6.54 Å². The highest BCUT2D eigenvalue weighted by molar-refractivity contribution is 9.10. The molecule has 134 valence electrons. The number of nitrogens with one attached hydrogen (secondary N) is 1. The summed E-state index contributed by atoms with van der Waals surface area (Å²) in [4.78, 5) is 9.21. The molecule has 1 aliphatic rings. The first-order valence-electron chi connectivity index (χ1n) is 8.51. The van der Waals surface area contributed by atoms with Crippen molar-refractivity contribution in [3.8, 4) is 0 Å². The van der Waals surface area contributed by atoms with Gasteiger partial charge in [-0.05, 0) is 24.6 Å². The van der Waals surface area contributed by atoms with Crippen LogP contribution in [0.15, 0.2) is 50.6 Å². The maximum Gasteiger partial charge on any atom is 0.194 e. The van der Waals surface area contributed by atoms with Gasteiger partial charge in [0, 0.05) is 49.8 Å². The Morgan fingerprint density at radius 2 is 1.96 bits per heavy atom. The van der Waals surface area contributed by atoms with Crippen LogP contribution in [-0.2, 0) is 6.54 Å². The lowest BCUT2D eigenvalue weighted by Crippen LogP contribution is -2.52. The summed E-state index contributed by atoms with van der Waals surface area (Å²) in [6, 6.07) is 10.9. The fraction of sp³-hybridized carbons (Fsp3) is 0.444. The van der Waals surface area contributed by atoms with Crippen LogP contribution in [0.5, 0.6) is 0 Å². The molecule has 1 aromatic carbocycles. The number of rotatable bonds is 4. The Morgan fingerprint density at radius 1 is 1.24 bits per heavy atom. The van der Waals surface area contributed by atoms with Crippen LogP contribution in [-0.4, -0.2) is 54.1 Å². The molecule has 1 saturated heterocycles. The van der Waals surface area contributed by atoms with E-state index in [0.29, 0.717) is 12.6 Å². The van der Waals surface area contributed by atoms with E-state index in [1.165, 1.54) is 5.56 Å². The summed E-state index contributed by atoms with van der Waals surface area (Å²) >= 11 is 3.50. The van der Waals surface area contributed by atoms with Crippen LogP contribution in [0.25, 0.3) is 0 Å². The molecule has 0 radical (unpaired) electrons. The molecule has 0 amide bonds. The van der Waals surface area contributed by atoms with Crippen molar-refractivity contribution in [2.75, 3.05) is 33.2 Å². The van der Waals surface area contributed by atoms with Gasteiger partial charge in [0.2, 0.25) is 0 Å². The summed E-state index contributed by atoms with van der Waals surface area (Å²) in [5.41, 5.74) is 2.23. The van der Waals surface area contributed by atoms with E-state index in [1.54, 1.807) is 6.26 Å². The number of hydrogen-bond acceptors (Lipinski definition) is 4. The zero-order valence-electron chi connectivity index (χ0n) is 14.7. The first-order chi connectivity index (χ1) is 12.2. The molecule has 1 atom stereocenters. The van der Waals surface area contributed by atoms with Crippen LogP contribution in [0, 0.1) is 0 Å². The van der Waals surface area contributed by atoms with Crippen LogP contribution in [0.2, 0.25) is 0 Å². The molecule has 0 spiro atoms. The van der Waals surface area contributed by atoms with Crippen LogP contribution >= 0.6 is 15.9 Å². The average molecular weight is 406 g/mol. The maximum atomic E-state index is 4.86. The van der Waals surface area contributed by atoms with Crippen molar-refractivity contribution in [3.05, 3.63) is 52.3 Å². The van der Waals surface area contributed by atoms with Crippen molar-refractivity contribution in [2.24, 2.45) is 4.99 Å². The second kappa shape index (κ2) is 8.49. The minimum Gasteiger partial charge on any atom is -0.364 e. The fourth-order valence-corrected chi connectivity index (χ4v) is 3.37. The van der Waals surface area contributed by atoms with Gasteiger partial charge in [-0.2, -0.15) is 0 Å². The van der Waals surface area contributed by atoms with Crippen LogP contribution in [0.1, 0.15) is 24.2 Å². The number of piperazine rings is 1. The first-order valence-corrected chi connectivity index (χ1v) is 9.31. The summed E-state index contributed by atoms with van der Waals surface area (Å²) in [6.45, 7) is 6.84. The Kier molecular flexibility index (Phi) is 6.09. The van der Waals surface area contributed by atoms with Crippen molar-refractivity contribution < 1.29 is 4.52 Å². The third-order valence-corrected chi connectivity index (χ3v) is 5.17. The van der Waals surface area contributed by atoms with Gasteiger partial charge in [-0.3, -0.25) is 9.89 Å². The van der Waals surface area contributed by atoms with E-state index in [-0.39, 0.29) is 0 Å². The molecule has 1 aromatic heterocycles. The molecular formula is C18H24BrN5O. The van der Waals surface area contributed by atoms with Crippen molar-refractivity contribution in [1.29, 1.82) is 0 Å². The molecule has 0 saturated carbocycles. The SMILES string of the molecule is CN=C(NCc1ccon1)N1CCN(C(C)c2ccc(Br)cc2)CC1. The minimum absolute atomic E-state index is 0.417. The second-order valence-corrected chi connectivity index (χ2v) is 7.06. The standard InChI is InChI=1S/C18H24BrN5O/c1-14(15-3-5-16(19)6-4-15)23-8-10-24(11-9-23)18(20-2)21-13-17-7-12-25-22-17/h3-7,12,14H,8-11,13H2,1-2H3,(H,20,21). The van der Waals surface area contributed by atoms with Gasteiger partial charge in [0.15, 0.2) is 5.96 Å². The maximum absolute atomic E-state index is 4.86. The number of aliphatic imine (C=N–C) groups is 1. The van der Waals surface area contributed by atoms with Crippen LogP contribution in [0.4, 0.5) is 0 Å². The third-order valence-electron chi connectivity index (χ3n) is 4.64. The Balaban J connectivity index is 1.52. The third kappa shape index (κ3) is 4.61. The largest absolute Gasteiger partial charge is 0.364 e. The number of guanidine groups is 1. The molecule has 6 nitrogen and oxygen atoms in total. The molecular weight excluding hydrogens is 382 g/mol. The lowest BCUT2D eigenvalue weighted by molar-refractivity contribution is 0.138. The fourth-order valence-electron chi connectivity index (χ4n) is 3.10. The van der Waals surface area contributed by atoms with E-state index in [0.717, 1.165) is 42.3 Å². The molecule has 7 heteroatoms. The van der Waals surface area contributed by atoms with Gasteiger partial charge < -0.3 is 14.7 Å². The molecule has 1 N–H and O–H groups in total. The first kappa shape index (κ1) is 17.9. The Bertz CT molecular complexity index is 678. The lowest BCUT2D eigenvalue weighted by Gasteiger charge is -2.39. The molecule has 0 aliphatic carbocycles. The highest BCUT2D eigenvalue weighted by Crippen LogP contribution is 2.23. The number of benzene rings is 1. The van der Waals surface area contributed by atoms with E-state index in [2.05, 4.69) is 72.4 Å². The highest BCUT2D eigenvalue weighted by atomic mass is 79.9. The molecule has 2 aromatic rings. The van der Waals surface area contributed by atoms with Gasteiger partial charge in [-0.1, -0.05) is 33.2 Å². The number of halogens is 1. The van der Waals surface area contributed by atoms with E-state index in [1.807, 2.05) is 13.1 Å². The van der Waals surface area contributed by atoms with Gasteiger partial charge in [0.25, 0.3) is 0 Å². The van der Waals surface area contributed by atoms with Crippen LogP contribution < -0.4 is 5.32 Å². The normalized spacial score (nSPS) is 17.6. The van der Waals surface area contributed by atoms with Crippen molar-refractivity contribution in [2.45, 2.75) is 19.5 Å². The van der Waals surface area contributed by atoms with Crippen molar-refractivity contribution >= 4 is 21.9 Å². The Morgan fingerprint density at radius 3 is 2.56 bits per heavy atom.